The van der Waals surface area contributed by atoms with Gasteiger partial charge in [-0.15, -0.1) is 11.3 Å². The number of aryl methyl sites for hydroxylation is 1. The number of hydrogen-bond donors (Lipinski definition) is 1. The lowest BCUT2D eigenvalue weighted by Gasteiger charge is -2.10. The Balaban J connectivity index is 1.91. The van der Waals surface area contributed by atoms with Crippen LogP contribution in [0.3, 0.4) is 0 Å². The number of nitrogens with zero attached hydrogens (tertiary/aromatic N) is 1. The number of hydrogen-bond acceptors (Lipinski definition) is 5. The molecule has 6 nitrogen and oxygen atoms in total. The minimum absolute atomic E-state index is 0.139. The molecule has 0 aliphatic rings. The second-order valence-electron chi connectivity index (χ2n) is 6.15. The van der Waals surface area contributed by atoms with Gasteiger partial charge in [0.1, 0.15) is 17.1 Å². The van der Waals surface area contributed by atoms with E-state index in [0.717, 1.165) is 11.1 Å². The van der Waals surface area contributed by atoms with Gasteiger partial charge in [0, 0.05) is 23.2 Å². The summed E-state index contributed by atoms with van der Waals surface area (Å²) in [5.74, 6) is -0.886. The zero-order valence-corrected chi connectivity index (χ0v) is 16.4. The maximum absolute atomic E-state index is 12.6. The molecule has 0 radical (unpaired) electrons. The Morgan fingerprint density at radius 3 is 2.57 bits per heavy atom. The second-order valence-corrected chi connectivity index (χ2v) is 7.03. The van der Waals surface area contributed by atoms with Crippen molar-refractivity contribution in [3.8, 4) is 11.1 Å². The molecule has 1 aromatic carbocycles. The molecule has 0 spiro atoms. The molecule has 144 valence electrons. The first-order chi connectivity index (χ1) is 13.5. The van der Waals surface area contributed by atoms with Crippen molar-refractivity contribution >= 4 is 28.2 Å². The topological polar surface area (TPSA) is 77.4 Å². The summed E-state index contributed by atoms with van der Waals surface area (Å²) in [4.78, 5) is 36.8. The Kier molecular flexibility index (Phi) is 6.06. The van der Waals surface area contributed by atoms with Crippen molar-refractivity contribution in [2.75, 3.05) is 11.9 Å². The number of thiophene rings is 1. The molecule has 0 unspecified atom stereocenters. The molecular formula is C21H20N2O4S. The summed E-state index contributed by atoms with van der Waals surface area (Å²) < 4.78 is 6.49. The molecule has 0 fully saturated rings. The molecule has 0 saturated carbocycles. The normalized spacial score (nSPS) is 10.5. The van der Waals surface area contributed by atoms with Crippen LogP contribution in [-0.2, 0) is 16.1 Å². The van der Waals surface area contributed by atoms with Gasteiger partial charge in [-0.25, -0.2) is 4.79 Å². The maximum atomic E-state index is 12.6. The molecule has 7 heteroatoms. The number of rotatable bonds is 6. The van der Waals surface area contributed by atoms with Crippen LogP contribution in [0.15, 0.2) is 58.8 Å². The molecule has 0 saturated heterocycles. The number of anilines is 1. The lowest BCUT2D eigenvalue weighted by molar-refractivity contribution is -0.116. The summed E-state index contributed by atoms with van der Waals surface area (Å²) in [5, 5.41) is 4.97. The summed E-state index contributed by atoms with van der Waals surface area (Å²) in [6, 6.07) is 12.5. The fourth-order valence-corrected chi connectivity index (χ4v) is 3.69. The van der Waals surface area contributed by atoms with Crippen LogP contribution in [0, 0.1) is 6.92 Å². The van der Waals surface area contributed by atoms with Crippen LogP contribution in [0.25, 0.3) is 11.1 Å². The van der Waals surface area contributed by atoms with E-state index in [2.05, 4.69) is 5.32 Å². The van der Waals surface area contributed by atoms with Gasteiger partial charge in [-0.3, -0.25) is 9.59 Å². The number of aromatic nitrogens is 1. The van der Waals surface area contributed by atoms with Crippen molar-refractivity contribution in [3.63, 3.8) is 0 Å². The van der Waals surface area contributed by atoms with Crippen LogP contribution in [0.2, 0.25) is 0 Å². The van der Waals surface area contributed by atoms with Crippen molar-refractivity contribution in [1.29, 1.82) is 0 Å². The van der Waals surface area contributed by atoms with Crippen LogP contribution >= 0.6 is 11.3 Å². The summed E-state index contributed by atoms with van der Waals surface area (Å²) >= 11 is 1.25. The zero-order valence-electron chi connectivity index (χ0n) is 15.6. The Labute approximate surface area is 166 Å². The molecule has 1 N–H and O–H groups in total. The predicted molar refractivity (Wildman–Crippen MR) is 110 cm³/mol. The summed E-state index contributed by atoms with van der Waals surface area (Å²) in [6.07, 6.45) is 1.54. The molecule has 0 aliphatic carbocycles. The minimum Gasteiger partial charge on any atom is -0.462 e. The summed E-state index contributed by atoms with van der Waals surface area (Å²) in [5.41, 5.74) is 2.73. The monoisotopic (exact) mass is 396 g/mol. The van der Waals surface area contributed by atoms with Gasteiger partial charge in [0.2, 0.25) is 5.91 Å². The number of esters is 1. The van der Waals surface area contributed by atoms with E-state index in [0.29, 0.717) is 16.1 Å². The van der Waals surface area contributed by atoms with Gasteiger partial charge in [0.05, 0.1) is 6.61 Å². The summed E-state index contributed by atoms with van der Waals surface area (Å²) in [6.45, 7) is 3.81. The fourth-order valence-electron chi connectivity index (χ4n) is 2.71. The number of pyridine rings is 1. The minimum atomic E-state index is -0.494. The van der Waals surface area contributed by atoms with Crippen molar-refractivity contribution in [2.45, 2.75) is 20.4 Å². The van der Waals surface area contributed by atoms with Gasteiger partial charge >= 0.3 is 5.97 Å². The highest BCUT2D eigenvalue weighted by molar-refractivity contribution is 7.15. The SMILES string of the molecule is CCOC(=O)c1c(-c2ccc(C)cc2)csc1NC(=O)Cn1ccccc1=O. The van der Waals surface area contributed by atoms with Crippen molar-refractivity contribution in [2.24, 2.45) is 0 Å². The molecule has 1 amide bonds. The van der Waals surface area contributed by atoms with Crippen LogP contribution < -0.4 is 10.9 Å². The van der Waals surface area contributed by atoms with Crippen molar-refractivity contribution < 1.29 is 14.3 Å². The number of nitrogens with one attached hydrogen (secondary N) is 1. The molecule has 2 heterocycles. The maximum Gasteiger partial charge on any atom is 0.341 e. The molecule has 0 aliphatic heterocycles. The van der Waals surface area contributed by atoms with E-state index < -0.39 is 11.9 Å². The Morgan fingerprint density at radius 2 is 1.89 bits per heavy atom. The van der Waals surface area contributed by atoms with Gasteiger partial charge in [0.15, 0.2) is 0 Å². The van der Waals surface area contributed by atoms with Gasteiger partial charge in [-0.1, -0.05) is 35.9 Å². The van der Waals surface area contributed by atoms with E-state index in [9.17, 15) is 14.4 Å². The van der Waals surface area contributed by atoms with E-state index in [1.165, 1.54) is 22.0 Å². The highest BCUT2D eigenvalue weighted by Crippen LogP contribution is 2.36. The highest BCUT2D eigenvalue weighted by atomic mass is 32.1. The van der Waals surface area contributed by atoms with Gasteiger partial charge in [-0.05, 0) is 25.5 Å². The average Bonchev–Trinajstić information content (AvgIpc) is 3.08. The van der Waals surface area contributed by atoms with Crippen molar-refractivity contribution in [3.05, 3.63) is 75.5 Å². The smallest absolute Gasteiger partial charge is 0.341 e. The van der Waals surface area contributed by atoms with Gasteiger partial charge < -0.3 is 14.6 Å². The lowest BCUT2D eigenvalue weighted by atomic mass is 10.0. The average molecular weight is 396 g/mol. The first-order valence-corrected chi connectivity index (χ1v) is 9.68. The van der Waals surface area contributed by atoms with E-state index >= 15 is 0 Å². The zero-order chi connectivity index (χ0) is 20.1. The van der Waals surface area contributed by atoms with Gasteiger partial charge in [-0.2, -0.15) is 0 Å². The standard InChI is InChI=1S/C21H20N2O4S/c1-3-27-21(26)19-16(15-9-7-14(2)8-10-15)13-28-20(19)22-17(24)12-23-11-5-4-6-18(23)25/h4-11,13H,3,12H2,1-2H3,(H,22,24). The number of benzene rings is 1. The quantitative estimate of drug-likeness (QED) is 0.645. The first kappa shape index (κ1) is 19.6. The third kappa shape index (κ3) is 4.37. The van der Waals surface area contributed by atoms with E-state index in [1.807, 2.05) is 36.6 Å². The third-order valence-electron chi connectivity index (χ3n) is 4.10. The largest absolute Gasteiger partial charge is 0.462 e. The Hall–Kier alpha value is -3.19. The predicted octanol–water partition coefficient (Wildman–Crippen LogP) is 3.70. The molecule has 3 aromatic rings. The Morgan fingerprint density at radius 1 is 1.14 bits per heavy atom. The lowest BCUT2D eigenvalue weighted by Crippen LogP contribution is -2.26. The number of amides is 1. The second kappa shape index (κ2) is 8.67. The molecule has 0 atom stereocenters. The van der Waals surface area contributed by atoms with Crippen LogP contribution in [0.4, 0.5) is 5.00 Å². The van der Waals surface area contributed by atoms with Crippen molar-refractivity contribution in [1.82, 2.24) is 4.57 Å². The fraction of sp³-hybridized carbons (Fsp3) is 0.190. The Bertz CT molecular complexity index is 1050. The number of carbonyl (C=O) groups excluding carboxylic acids is 2. The van der Waals surface area contributed by atoms with E-state index in [1.54, 1.807) is 25.3 Å². The molecule has 2 aromatic heterocycles. The molecule has 28 heavy (non-hydrogen) atoms. The van der Waals surface area contributed by atoms with Gasteiger partial charge in [0.25, 0.3) is 5.56 Å². The molecule has 3 rings (SSSR count). The van der Waals surface area contributed by atoms with Crippen LogP contribution in [0.1, 0.15) is 22.8 Å². The highest BCUT2D eigenvalue weighted by Gasteiger charge is 2.22. The summed E-state index contributed by atoms with van der Waals surface area (Å²) in [7, 11) is 0. The number of carbonyl (C=O) groups is 2. The first-order valence-electron chi connectivity index (χ1n) is 8.80. The number of ether oxygens (including phenoxy) is 1. The van der Waals surface area contributed by atoms with E-state index in [4.69, 9.17) is 4.74 Å². The van der Waals surface area contributed by atoms with E-state index in [-0.39, 0.29) is 18.7 Å². The third-order valence-corrected chi connectivity index (χ3v) is 4.99. The van der Waals surface area contributed by atoms with Crippen LogP contribution in [-0.4, -0.2) is 23.1 Å². The molecule has 0 bridgehead atoms. The van der Waals surface area contributed by atoms with Crippen LogP contribution in [0.5, 0.6) is 0 Å². The molecular weight excluding hydrogens is 376 g/mol.